The first-order chi connectivity index (χ1) is 15.3. The van der Waals surface area contributed by atoms with Crippen LogP contribution in [0, 0.1) is 0 Å². The van der Waals surface area contributed by atoms with E-state index >= 15 is 0 Å². The molecule has 0 radical (unpaired) electrons. The highest BCUT2D eigenvalue weighted by Gasteiger charge is 2.34. The minimum atomic E-state index is -0.662. The molecule has 0 spiro atoms. The second-order valence-corrected chi connectivity index (χ2v) is 8.42. The number of nitrogens with two attached hydrogens (primary N) is 1. The van der Waals surface area contributed by atoms with E-state index in [0.29, 0.717) is 26.5 Å². The van der Waals surface area contributed by atoms with E-state index in [0.717, 1.165) is 12.8 Å². The second-order valence-electron chi connectivity index (χ2n) is 7.63. The number of para-hydroxylation sites is 1. The lowest BCUT2D eigenvalue weighted by molar-refractivity contribution is -0.137. The fourth-order valence-corrected chi connectivity index (χ4v) is 3.93. The molecule has 4 rings (SSSR count). The van der Waals surface area contributed by atoms with Gasteiger partial charge in [-0.2, -0.15) is 5.10 Å². The van der Waals surface area contributed by atoms with Crippen LogP contribution in [-0.2, 0) is 22.7 Å². The molecule has 0 unspecified atom stereocenters. The summed E-state index contributed by atoms with van der Waals surface area (Å²) < 4.78 is 1.46. The minimum absolute atomic E-state index is 0.0143. The van der Waals surface area contributed by atoms with Gasteiger partial charge in [0.2, 0.25) is 11.8 Å². The smallest absolute Gasteiger partial charge is 0.269 e. The highest BCUT2D eigenvalue weighted by Crippen LogP contribution is 2.28. The van der Waals surface area contributed by atoms with Gasteiger partial charge in [0, 0.05) is 18.0 Å². The maximum Gasteiger partial charge on any atom is 0.269 e. The number of carbonyl (C=O) groups excluding carboxylic acids is 3. The van der Waals surface area contributed by atoms with Gasteiger partial charge in [0.25, 0.3) is 5.91 Å². The molecule has 1 aliphatic carbocycles. The molecular formula is C22H21Cl2N5O3. The number of carbonyl (C=O) groups is 3. The highest BCUT2D eigenvalue weighted by atomic mass is 35.5. The summed E-state index contributed by atoms with van der Waals surface area (Å²) in [5.74, 6) is -1.22. The SMILES string of the molecule is NC(=O)c1nn(CC(=O)N(CC(=O)NCc2cccc(Cl)c2Cl)C2CC2)c2ccccc12. The van der Waals surface area contributed by atoms with Crippen LogP contribution in [0.2, 0.25) is 10.0 Å². The second kappa shape index (κ2) is 9.18. The third-order valence-corrected chi connectivity index (χ3v) is 6.16. The van der Waals surface area contributed by atoms with Crippen molar-refractivity contribution in [2.45, 2.75) is 32.0 Å². The maximum atomic E-state index is 13.1. The van der Waals surface area contributed by atoms with Crippen LogP contribution in [0.15, 0.2) is 42.5 Å². The number of nitrogens with one attached hydrogen (secondary N) is 1. The minimum Gasteiger partial charge on any atom is -0.364 e. The van der Waals surface area contributed by atoms with Gasteiger partial charge in [-0.15, -0.1) is 0 Å². The number of primary amides is 1. The number of rotatable bonds is 8. The molecular weight excluding hydrogens is 453 g/mol. The van der Waals surface area contributed by atoms with Crippen LogP contribution in [0.5, 0.6) is 0 Å². The van der Waals surface area contributed by atoms with Crippen molar-refractivity contribution in [3.63, 3.8) is 0 Å². The predicted octanol–water partition coefficient (Wildman–Crippen LogP) is 2.75. The standard InChI is InChI=1S/C22H21Cl2N5O3/c23-16-6-3-4-13(20(16)24)10-26-18(30)11-28(14-8-9-14)19(31)12-29-17-7-2-1-5-15(17)21(27-29)22(25)32/h1-7,14H,8-12H2,(H2,25,32)(H,26,30). The quantitative estimate of drug-likeness (QED) is 0.523. The van der Waals surface area contributed by atoms with E-state index in [2.05, 4.69) is 10.4 Å². The van der Waals surface area contributed by atoms with Crippen LogP contribution in [0.4, 0.5) is 0 Å². The van der Waals surface area contributed by atoms with Crippen LogP contribution in [0.25, 0.3) is 10.9 Å². The Hall–Kier alpha value is -3.10. The summed E-state index contributed by atoms with van der Waals surface area (Å²) in [4.78, 5) is 38.9. The van der Waals surface area contributed by atoms with Crippen molar-refractivity contribution in [3.05, 3.63) is 63.8 Å². The third-order valence-electron chi connectivity index (χ3n) is 5.31. The van der Waals surface area contributed by atoms with E-state index in [-0.39, 0.29) is 43.2 Å². The van der Waals surface area contributed by atoms with E-state index in [1.165, 1.54) is 4.68 Å². The van der Waals surface area contributed by atoms with E-state index in [4.69, 9.17) is 28.9 Å². The molecule has 3 aromatic rings. The van der Waals surface area contributed by atoms with Gasteiger partial charge in [-0.25, -0.2) is 0 Å². The molecule has 10 heteroatoms. The first-order valence-electron chi connectivity index (χ1n) is 10.1. The molecule has 2 aromatic carbocycles. The van der Waals surface area contributed by atoms with Crippen molar-refractivity contribution in [2.24, 2.45) is 5.73 Å². The summed E-state index contributed by atoms with van der Waals surface area (Å²) in [6, 6.07) is 12.3. The number of halogens is 2. The molecule has 0 atom stereocenters. The molecule has 1 aromatic heterocycles. The van der Waals surface area contributed by atoms with E-state index < -0.39 is 5.91 Å². The summed E-state index contributed by atoms with van der Waals surface area (Å²) in [5.41, 5.74) is 6.87. The van der Waals surface area contributed by atoms with Crippen LogP contribution >= 0.6 is 23.2 Å². The molecule has 1 heterocycles. The van der Waals surface area contributed by atoms with Crippen molar-refractivity contribution in [2.75, 3.05) is 6.54 Å². The number of nitrogens with zero attached hydrogens (tertiary/aromatic N) is 3. The third kappa shape index (κ3) is 4.71. The molecule has 0 aliphatic heterocycles. The molecule has 3 N–H and O–H groups in total. The fourth-order valence-electron chi connectivity index (χ4n) is 3.55. The Morgan fingerprint density at radius 3 is 2.59 bits per heavy atom. The number of aromatic nitrogens is 2. The number of benzene rings is 2. The van der Waals surface area contributed by atoms with Gasteiger partial charge in [0.1, 0.15) is 6.54 Å². The van der Waals surface area contributed by atoms with Gasteiger partial charge in [-0.3, -0.25) is 19.1 Å². The van der Waals surface area contributed by atoms with Crippen LogP contribution in [0.3, 0.4) is 0 Å². The Labute approximate surface area is 194 Å². The topological polar surface area (TPSA) is 110 Å². The Morgan fingerprint density at radius 2 is 1.88 bits per heavy atom. The van der Waals surface area contributed by atoms with Gasteiger partial charge in [-0.05, 0) is 30.5 Å². The van der Waals surface area contributed by atoms with Gasteiger partial charge in [0.05, 0.1) is 22.1 Å². The van der Waals surface area contributed by atoms with Crippen LogP contribution in [0.1, 0.15) is 28.9 Å². The van der Waals surface area contributed by atoms with Crippen LogP contribution < -0.4 is 11.1 Å². The number of hydrogen-bond acceptors (Lipinski definition) is 4. The van der Waals surface area contributed by atoms with Crippen LogP contribution in [-0.4, -0.2) is 45.0 Å². The first kappa shape index (κ1) is 22.1. The molecule has 1 saturated carbocycles. The Kier molecular flexibility index (Phi) is 6.34. The lowest BCUT2D eigenvalue weighted by atomic mass is 10.2. The summed E-state index contributed by atoms with van der Waals surface area (Å²) in [5, 5.41) is 8.41. The monoisotopic (exact) mass is 473 g/mol. The zero-order chi connectivity index (χ0) is 22.8. The molecule has 32 heavy (non-hydrogen) atoms. The average Bonchev–Trinajstić information content (AvgIpc) is 3.54. The number of amides is 3. The maximum absolute atomic E-state index is 13.1. The van der Waals surface area contributed by atoms with Crippen molar-refractivity contribution >= 4 is 51.8 Å². The molecule has 166 valence electrons. The van der Waals surface area contributed by atoms with Crippen molar-refractivity contribution < 1.29 is 14.4 Å². The van der Waals surface area contributed by atoms with Crippen molar-refractivity contribution in [1.82, 2.24) is 20.0 Å². The fraction of sp³-hybridized carbons (Fsp3) is 0.273. The van der Waals surface area contributed by atoms with Crippen molar-refractivity contribution in [1.29, 1.82) is 0 Å². The van der Waals surface area contributed by atoms with E-state index in [1.54, 1.807) is 47.4 Å². The normalized spacial score (nSPS) is 13.2. The van der Waals surface area contributed by atoms with E-state index in [1.807, 2.05) is 0 Å². The summed E-state index contributed by atoms with van der Waals surface area (Å²) in [6.07, 6.45) is 1.68. The van der Waals surface area contributed by atoms with Gasteiger partial charge < -0.3 is 16.0 Å². The number of hydrogen-bond donors (Lipinski definition) is 2. The van der Waals surface area contributed by atoms with Gasteiger partial charge >= 0.3 is 0 Å². The summed E-state index contributed by atoms with van der Waals surface area (Å²) >= 11 is 12.2. The zero-order valence-electron chi connectivity index (χ0n) is 17.1. The molecule has 8 nitrogen and oxygen atoms in total. The Morgan fingerprint density at radius 1 is 1.12 bits per heavy atom. The van der Waals surface area contributed by atoms with Crippen molar-refractivity contribution in [3.8, 4) is 0 Å². The number of fused-ring (bicyclic) bond motifs is 1. The summed E-state index contributed by atoms with van der Waals surface area (Å²) in [6.45, 7) is 0.0257. The zero-order valence-corrected chi connectivity index (χ0v) is 18.6. The molecule has 1 aliphatic rings. The largest absolute Gasteiger partial charge is 0.364 e. The molecule has 0 bridgehead atoms. The lowest BCUT2D eigenvalue weighted by Crippen LogP contribution is -2.43. The van der Waals surface area contributed by atoms with E-state index in [9.17, 15) is 14.4 Å². The first-order valence-corrected chi connectivity index (χ1v) is 10.8. The van der Waals surface area contributed by atoms with Gasteiger partial charge in [0.15, 0.2) is 5.69 Å². The predicted molar refractivity (Wildman–Crippen MR) is 121 cm³/mol. The lowest BCUT2D eigenvalue weighted by Gasteiger charge is -2.22. The molecule has 1 fully saturated rings. The van der Waals surface area contributed by atoms with Gasteiger partial charge in [-0.1, -0.05) is 53.5 Å². The molecule has 3 amide bonds. The summed E-state index contributed by atoms with van der Waals surface area (Å²) in [7, 11) is 0. The average molecular weight is 474 g/mol. The Balaban J connectivity index is 1.45. The Bertz CT molecular complexity index is 1210. The highest BCUT2D eigenvalue weighted by molar-refractivity contribution is 6.42. The molecule has 0 saturated heterocycles.